The molecule has 0 spiro atoms. The van der Waals surface area contributed by atoms with Crippen LogP contribution in [0.2, 0.25) is 0 Å². The van der Waals surface area contributed by atoms with Crippen molar-refractivity contribution in [3.8, 4) is 10.6 Å². The number of primary amides is 2. The summed E-state index contributed by atoms with van der Waals surface area (Å²) in [5, 5.41) is 2.77. The second-order valence-corrected chi connectivity index (χ2v) is 6.93. The number of nitrogens with two attached hydrogens (primary N) is 2. The Bertz CT molecular complexity index is 817. The number of H-pyrrole nitrogens is 1. The number of carbonyl (C=O) groups is 3. The number of nitrogens with one attached hydrogen (secondary N) is 2. The lowest BCUT2D eigenvalue weighted by Gasteiger charge is -2.31. The van der Waals surface area contributed by atoms with Gasteiger partial charge in [0.25, 0.3) is 0 Å². The zero-order chi connectivity index (χ0) is 18.7. The molecule has 3 heterocycles. The van der Waals surface area contributed by atoms with Crippen molar-refractivity contribution in [2.45, 2.75) is 18.9 Å². The van der Waals surface area contributed by atoms with Gasteiger partial charge in [-0.2, -0.15) is 0 Å². The molecule has 9 nitrogen and oxygen atoms in total. The summed E-state index contributed by atoms with van der Waals surface area (Å²) in [4.78, 5) is 40.4. The van der Waals surface area contributed by atoms with Gasteiger partial charge in [0.05, 0.1) is 22.7 Å². The molecule has 2 aromatic rings. The van der Waals surface area contributed by atoms with Crippen molar-refractivity contribution in [1.82, 2.24) is 9.88 Å². The molecule has 4 amide bonds. The average Bonchev–Trinajstić information content (AvgIpc) is 3.24. The van der Waals surface area contributed by atoms with Crippen LogP contribution in [0, 0.1) is 0 Å². The number of rotatable bonds is 4. The van der Waals surface area contributed by atoms with Crippen LogP contribution in [0.4, 0.5) is 14.6 Å². The van der Waals surface area contributed by atoms with Gasteiger partial charge in [-0.05, 0) is 31.0 Å². The normalized spacial score (nSPS) is 16.9. The summed E-state index contributed by atoms with van der Waals surface area (Å²) in [5.41, 5.74) is 11.5. The van der Waals surface area contributed by atoms with E-state index < -0.39 is 24.1 Å². The molecule has 10 heteroatoms. The Kier molecular flexibility index (Phi) is 5.12. The molecule has 1 fully saturated rings. The molecule has 0 aliphatic carbocycles. The molecule has 138 valence electrons. The highest BCUT2D eigenvalue weighted by Crippen LogP contribution is 2.35. The number of aromatic nitrogens is 1. The van der Waals surface area contributed by atoms with Gasteiger partial charge in [-0.3, -0.25) is 5.32 Å². The Morgan fingerprint density at radius 2 is 2.15 bits per heavy atom. The van der Waals surface area contributed by atoms with Gasteiger partial charge in [-0.1, -0.05) is 0 Å². The zero-order valence-corrected chi connectivity index (χ0v) is 14.7. The Morgan fingerprint density at radius 3 is 2.81 bits per heavy atom. The van der Waals surface area contributed by atoms with Gasteiger partial charge in [-0.15, -0.1) is 11.3 Å². The number of hydrogen-bond acceptors (Lipinski definition) is 5. The highest BCUT2D eigenvalue weighted by atomic mass is 32.1. The van der Waals surface area contributed by atoms with Gasteiger partial charge >= 0.3 is 18.0 Å². The summed E-state index contributed by atoms with van der Waals surface area (Å²) in [6, 6.07) is 4.01. The third kappa shape index (κ3) is 3.97. The molecule has 3 rings (SSSR count). The monoisotopic (exact) mass is 377 g/mol. The quantitative estimate of drug-likeness (QED) is 0.603. The number of hydrogen-bond donors (Lipinski definition) is 4. The van der Waals surface area contributed by atoms with E-state index in [0.717, 1.165) is 10.6 Å². The Morgan fingerprint density at radius 1 is 1.35 bits per heavy atom. The topological polar surface area (TPSA) is 144 Å². The summed E-state index contributed by atoms with van der Waals surface area (Å²) in [7, 11) is 0. The van der Waals surface area contributed by atoms with Gasteiger partial charge < -0.3 is 26.1 Å². The number of thiophene rings is 1. The Labute approximate surface area is 153 Å². The number of anilines is 1. The predicted octanol–water partition coefficient (Wildman–Crippen LogP) is 1.93. The molecule has 0 bridgehead atoms. The predicted molar refractivity (Wildman–Crippen MR) is 96.9 cm³/mol. The van der Waals surface area contributed by atoms with Gasteiger partial charge in [0.1, 0.15) is 11.1 Å². The van der Waals surface area contributed by atoms with Gasteiger partial charge in [0.2, 0.25) is 0 Å². The van der Waals surface area contributed by atoms with E-state index in [2.05, 4.69) is 10.3 Å². The van der Waals surface area contributed by atoms with Crippen LogP contribution in [0.3, 0.4) is 0 Å². The van der Waals surface area contributed by atoms with Crippen LogP contribution in [0.1, 0.15) is 23.2 Å². The summed E-state index contributed by atoms with van der Waals surface area (Å²) in [6.07, 6.45) is 2.65. The largest absolute Gasteiger partial charge is 0.457 e. The number of aromatic amines is 1. The SMILES string of the molecule is NC(=O)Nc1sc(-c2ccc[nH]2)cc1C(=O)OC1CCCN(C(N)=O)C1. The van der Waals surface area contributed by atoms with Crippen molar-refractivity contribution in [1.29, 1.82) is 0 Å². The number of carbonyl (C=O) groups excluding carboxylic acids is 3. The number of urea groups is 2. The minimum Gasteiger partial charge on any atom is -0.457 e. The maximum Gasteiger partial charge on any atom is 0.341 e. The van der Waals surface area contributed by atoms with Crippen molar-refractivity contribution in [2.24, 2.45) is 11.5 Å². The third-order valence-corrected chi connectivity index (χ3v) is 5.10. The van der Waals surface area contributed by atoms with E-state index in [1.54, 1.807) is 12.3 Å². The molecule has 2 aromatic heterocycles. The molecule has 0 radical (unpaired) electrons. The smallest absolute Gasteiger partial charge is 0.341 e. The van der Waals surface area contributed by atoms with Crippen molar-refractivity contribution < 1.29 is 19.1 Å². The number of nitrogens with zero attached hydrogens (tertiary/aromatic N) is 1. The van der Waals surface area contributed by atoms with E-state index >= 15 is 0 Å². The minimum atomic E-state index is -0.767. The van der Waals surface area contributed by atoms with E-state index in [-0.39, 0.29) is 12.1 Å². The Hall–Kier alpha value is -3.01. The molecule has 1 aliphatic rings. The van der Waals surface area contributed by atoms with Crippen LogP contribution in [0.25, 0.3) is 10.6 Å². The molecule has 1 saturated heterocycles. The summed E-state index contributed by atoms with van der Waals surface area (Å²) in [6.45, 7) is 0.806. The second-order valence-electron chi connectivity index (χ2n) is 5.88. The molecule has 0 saturated carbocycles. The van der Waals surface area contributed by atoms with Crippen LogP contribution >= 0.6 is 11.3 Å². The fourth-order valence-corrected chi connectivity index (χ4v) is 3.85. The lowest BCUT2D eigenvalue weighted by atomic mass is 10.1. The molecule has 6 N–H and O–H groups in total. The lowest BCUT2D eigenvalue weighted by molar-refractivity contribution is 0.0129. The lowest BCUT2D eigenvalue weighted by Crippen LogP contribution is -2.46. The molecule has 1 unspecified atom stereocenters. The number of esters is 1. The van der Waals surface area contributed by atoms with Crippen LogP contribution in [0.15, 0.2) is 24.4 Å². The van der Waals surface area contributed by atoms with Gasteiger partial charge in [-0.25, -0.2) is 14.4 Å². The van der Waals surface area contributed by atoms with Crippen molar-refractivity contribution in [2.75, 3.05) is 18.4 Å². The summed E-state index contributed by atoms with van der Waals surface area (Å²) in [5.74, 6) is -0.584. The molecular formula is C16H19N5O4S. The van der Waals surface area contributed by atoms with Crippen molar-refractivity contribution in [3.63, 3.8) is 0 Å². The zero-order valence-electron chi connectivity index (χ0n) is 13.9. The van der Waals surface area contributed by atoms with E-state index in [1.165, 1.54) is 16.2 Å². The highest BCUT2D eigenvalue weighted by Gasteiger charge is 2.27. The van der Waals surface area contributed by atoms with Crippen LogP contribution in [-0.4, -0.2) is 47.1 Å². The minimum absolute atomic E-state index is 0.217. The fourth-order valence-electron chi connectivity index (χ4n) is 2.81. The highest BCUT2D eigenvalue weighted by molar-refractivity contribution is 7.20. The first kappa shape index (κ1) is 17.8. The first-order valence-corrected chi connectivity index (χ1v) is 8.85. The van der Waals surface area contributed by atoms with E-state index in [4.69, 9.17) is 16.2 Å². The third-order valence-electron chi connectivity index (χ3n) is 4.02. The number of amides is 4. The number of piperidine rings is 1. The Balaban J connectivity index is 1.79. The van der Waals surface area contributed by atoms with Crippen molar-refractivity contribution in [3.05, 3.63) is 30.0 Å². The number of likely N-dealkylation sites (tertiary alicyclic amines) is 1. The fraction of sp³-hybridized carbons (Fsp3) is 0.312. The molecule has 26 heavy (non-hydrogen) atoms. The first-order chi connectivity index (χ1) is 12.4. The van der Waals surface area contributed by atoms with Crippen LogP contribution in [0.5, 0.6) is 0 Å². The molecule has 0 aromatic carbocycles. The molecular weight excluding hydrogens is 358 g/mol. The molecule has 1 aliphatic heterocycles. The van der Waals surface area contributed by atoms with E-state index in [1.807, 2.05) is 12.1 Å². The van der Waals surface area contributed by atoms with E-state index in [0.29, 0.717) is 24.4 Å². The number of ether oxygens (including phenoxy) is 1. The van der Waals surface area contributed by atoms with Crippen LogP contribution in [-0.2, 0) is 4.74 Å². The second kappa shape index (κ2) is 7.48. The van der Waals surface area contributed by atoms with Gasteiger partial charge in [0, 0.05) is 12.7 Å². The standard InChI is InChI=1S/C16H19N5O4S/c17-15(23)20-13-10(7-12(26-13)11-4-1-5-19-11)14(22)25-9-3-2-6-21(8-9)16(18)24/h1,4-5,7,9,19H,2-3,6,8H2,(H2,18,24)(H3,17,20,23). The van der Waals surface area contributed by atoms with Gasteiger partial charge in [0.15, 0.2) is 0 Å². The molecule has 1 atom stereocenters. The summed E-state index contributed by atoms with van der Waals surface area (Å²) < 4.78 is 5.53. The van der Waals surface area contributed by atoms with Crippen molar-refractivity contribution >= 4 is 34.4 Å². The van der Waals surface area contributed by atoms with E-state index in [9.17, 15) is 14.4 Å². The maximum absolute atomic E-state index is 12.6. The van der Waals surface area contributed by atoms with Crippen LogP contribution < -0.4 is 16.8 Å². The summed E-state index contributed by atoms with van der Waals surface area (Å²) >= 11 is 1.21. The maximum atomic E-state index is 12.6. The average molecular weight is 377 g/mol. The first-order valence-electron chi connectivity index (χ1n) is 8.03.